The zero-order chi connectivity index (χ0) is 20.1. The lowest BCUT2D eigenvalue weighted by Gasteiger charge is -2.12. The van der Waals surface area contributed by atoms with Crippen molar-refractivity contribution in [1.82, 2.24) is 20.4 Å². The van der Waals surface area contributed by atoms with Crippen molar-refractivity contribution in [1.29, 1.82) is 0 Å². The van der Waals surface area contributed by atoms with Gasteiger partial charge in [-0.3, -0.25) is 20.4 Å². The van der Waals surface area contributed by atoms with Gasteiger partial charge in [0.15, 0.2) is 0 Å². The number of para-hydroxylation sites is 2. The van der Waals surface area contributed by atoms with Crippen LogP contribution in [-0.2, 0) is 28.7 Å². The van der Waals surface area contributed by atoms with Gasteiger partial charge >= 0.3 is 6.18 Å². The second-order valence-electron chi connectivity index (χ2n) is 6.09. The smallest absolute Gasteiger partial charge is 0.311 e. The van der Waals surface area contributed by atoms with Gasteiger partial charge in [-0.15, -0.1) is 0 Å². The third kappa shape index (κ3) is 4.67. The number of nitrogens with one attached hydrogen (secondary N) is 2. The molecule has 0 bridgehead atoms. The second kappa shape index (κ2) is 8.12. The van der Waals surface area contributed by atoms with Gasteiger partial charge in [0.2, 0.25) is 11.7 Å². The summed E-state index contributed by atoms with van der Waals surface area (Å²) < 4.78 is 40.5. The monoisotopic (exact) mass is 390 g/mol. The van der Waals surface area contributed by atoms with Gasteiger partial charge in [-0.25, -0.2) is 4.98 Å². The molecule has 0 saturated carbocycles. The predicted octanol–water partition coefficient (Wildman–Crippen LogP) is 2.84. The quantitative estimate of drug-likeness (QED) is 0.658. The normalized spacial score (nSPS) is 11.4. The Morgan fingerprint density at radius 2 is 1.57 bits per heavy atom. The van der Waals surface area contributed by atoms with E-state index in [1.54, 1.807) is 12.1 Å². The number of carbonyl (C=O) groups is 2. The minimum atomic E-state index is -4.71. The minimum absolute atomic E-state index is 0.131. The molecular formula is C19H17F3N4O2. The summed E-state index contributed by atoms with van der Waals surface area (Å²) >= 11 is 0. The Labute approximate surface area is 158 Å². The number of nitrogens with zero attached hydrogens (tertiary/aromatic N) is 2. The molecule has 9 heteroatoms. The van der Waals surface area contributed by atoms with E-state index < -0.39 is 30.4 Å². The number of fused-ring (bicyclic) bond motifs is 1. The van der Waals surface area contributed by atoms with E-state index >= 15 is 0 Å². The first kappa shape index (κ1) is 19.4. The van der Waals surface area contributed by atoms with Gasteiger partial charge in [0.05, 0.1) is 11.0 Å². The van der Waals surface area contributed by atoms with Crippen LogP contribution in [0.1, 0.15) is 17.8 Å². The first-order valence-electron chi connectivity index (χ1n) is 8.48. The highest BCUT2D eigenvalue weighted by atomic mass is 19.4. The summed E-state index contributed by atoms with van der Waals surface area (Å²) in [6.45, 7) is -0.631. The molecule has 6 nitrogen and oxygen atoms in total. The molecule has 0 fully saturated rings. The molecule has 0 aliphatic heterocycles. The fourth-order valence-corrected chi connectivity index (χ4v) is 2.74. The lowest BCUT2D eigenvalue weighted by atomic mass is 10.1. The van der Waals surface area contributed by atoms with Crippen molar-refractivity contribution in [3.8, 4) is 0 Å². The largest absolute Gasteiger partial charge is 0.449 e. The zero-order valence-corrected chi connectivity index (χ0v) is 14.7. The molecular weight excluding hydrogens is 373 g/mol. The van der Waals surface area contributed by atoms with E-state index in [1.807, 2.05) is 30.3 Å². The lowest BCUT2D eigenvalue weighted by Crippen LogP contribution is -2.43. The number of rotatable bonds is 5. The molecule has 0 aliphatic rings. The first-order valence-corrected chi connectivity index (χ1v) is 8.48. The number of imidazole rings is 1. The average molecular weight is 390 g/mol. The van der Waals surface area contributed by atoms with E-state index in [9.17, 15) is 22.8 Å². The molecule has 0 radical (unpaired) electrons. The third-order valence-electron chi connectivity index (χ3n) is 4.03. The number of hydrogen-bond acceptors (Lipinski definition) is 3. The number of amides is 2. The van der Waals surface area contributed by atoms with E-state index in [0.29, 0.717) is 6.42 Å². The number of halogens is 3. The van der Waals surface area contributed by atoms with Crippen LogP contribution in [0.4, 0.5) is 13.2 Å². The molecule has 0 aliphatic carbocycles. The van der Waals surface area contributed by atoms with Crippen LogP contribution in [0.2, 0.25) is 0 Å². The fourth-order valence-electron chi connectivity index (χ4n) is 2.74. The summed E-state index contributed by atoms with van der Waals surface area (Å²) in [4.78, 5) is 27.5. The zero-order valence-electron chi connectivity index (χ0n) is 14.7. The van der Waals surface area contributed by atoms with Gasteiger partial charge in [0.1, 0.15) is 6.54 Å². The highest BCUT2D eigenvalue weighted by Gasteiger charge is 2.38. The number of carbonyl (C=O) groups excluding carboxylic acids is 2. The summed E-state index contributed by atoms with van der Waals surface area (Å²) in [5.74, 6) is -2.40. The summed E-state index contributed by atoms with van der Waals surface area (Å²) in [5, 5.41) is 0. The van der Waals surface area contributed by atoms with Crippen molar-refractivity contribution < 1.29 is 22.8 Å². The molecule has 2 amide bonds. The second-order valence-corrected chi connectivity index (χ2v) is 6.09. The summed E-state index contributed by atoms with van der Waals surface area (Å²) in [6.07, 6.45) is -4.10. The van der Waals surface area contributed by atoms with E-state index in [-0.39, 0.29) is 17.5 Å². The molecule has 3 rings (SSSR count). The molecule has 0 spiro atoms. The predicted molar refractivity (Wildman–Crippen MR) is 95.8 cm³/mol. The van der Waals surface area contributed by atoms with E-state index in [1.165, 1.54) is 12.1 Å². The Morgan fingerprint density at radius 1 is 0.929 bits per heavy atom. The third-order valence-corrected chi connectivity index (χ3v) is 4.03. The standard InChI is InChI=1S/C19H17F3N4O2/c20-19(21,22)18-23-14-8-4-5-9-15(14)26(18)12-17(28)25-24-16(27)11-10-13-6-2-1-3-7-13/h1-9H,10-12H2,(H,24,27)(H,25,28). The van der Waals surface area contributed by atoms with Crippen LogP contribution in [0, 0.1) is 0 Å². The first-order chi connectivity index (χ1) is 13.3. The maximum atomic E-state index is 13.2. The highest BCUT2D eigenvalue weighted by molar-refractivity contribution is 5.84. The summed E-state index contributed by atoms with van der Waals surface area (Å²) in [6, 6.07) is 15.3. The fraction of sp³-hybridized carbons (Fsp3) is 0.211. The molecule has 146 valence electrons. The molecule has 0 unspecified atom stereocenters. The molecule has 2 aromatic carbocycles. The topological polar surface area (TPSA) is 76.0 Å². The number of benzene rings is 2. The Kier molecular flexibility index (Phi) is 5.62. The van der Waals surface area contributed by atoms with Crippen molar-refractivity contribution in [2.45, 2.75) is 25.6 Å². The average Bonchev–Trinajstić information content (AvgIpc) is 3.04. The SMILES string of the molecule is O=C(CCc1ccccc1)NNC(=O)Cn1c(C(F)(F)F)nc2ccccc21. The number of alkyl halides is 3. The van der Waals surface area contributed by atoms with Crippen molar-refractivity contribution in [2.24, 2.45) is 0 Å². The lowest BCUT2D eigenvalue weighted by molar-refractivity contribution is -0.147. The molecule has 0 atom stereocenters. The maximum absolute atomic E-state index is 13.2. The van der Waals surface area contributed by atoms with Crippen LogP contribution in [0.25, 0.3) is 11.0 Å². The molecule has 3 aromatic rings. The van der Waals surface area contributed by atoms with Gasteiger partial charge in [-0.05, 0) is 24.1 Å². The Morgan fingerprint density at radius 3 is 2.29 bits per heavy atom. The van der Waals surface area contributed by atoms with Gasteiger partial charge in [0.25, 0.3) is 5.91 Å². The highest BCUT2D eigenvalue weighted by Crippen LogP contribution is 2.31. The maximum Gasteiger partial charge on any atom is 0.449 e. The summed E-state index contributed by atoms with van der Waals surface area (Å²) in [5.41, 5.74) is 5.64. The van der Waals surface area contributed by atoms with Crippen LogP contribution in [0.15, 0.2) is 54.6 Å². The number of aromatic nitrogens is 2. The number of hydrazine groups is 1. The Bertz CT molecular complexity index is 984. The Balaban J connectivity index is 1.61. The van der Waals surface area contributed by atoms with E-state index in [2.05, 4.69) is 15.8 Å². The molecule has 1 aromatic heterocycles. The van der Waals surface area contributed by atoms with E-state index in [0.717, 1.165) is 10.1 Å². The van der Waals surface area contributed by atoms with Crippen LogP contribution in [0.5, 0.6) is 0 Å². The van der Waals surface area contributed by atoms with Crippen LogP contribution >= 0.6 is 0 Å². The van der Waals surface area contributed by atoms with Crippen molar-refractivity contribution in [3.63, 3.8) is 0 Å². The minimum Gasteiger partial charge on any atom is -0.311 e. The number of aryl methyl sites for hydroxylation is 1. The summed E-state index contributed by atoms with van der Waals surface area (Å²) in [7, 11) is 0. The number of hydrogen-bond donors (Lipinski definition) is 2. The van der Waals surface area contributed by atoms with Crippen molar-refractivity contribution >= 4 is 22.8 Å². The molecule has 0 saturated heterocycles. The van der Waals surface area contributed by atoms with Crippen molar-refractivity contribution in [2.75, 3.05) is 0 Å². The molecule has 1 heterocycles. The van der Waals surface area contributed by atoms with Crippen LogP contribution in [0.3, 0.4) is 0 Å². The van der Waals surface area contributed by atoms with Crippen LogP contribution < -0.4 is 10.9 Å². The van der Waals surface area contributed by atoms with Crippen LogP contribution in [-0.4, -0.2) is 21.4 Å². The Hall–Kier alpha value is -3.36. The van der Waals surface area contributed by atoms with E-state index in [4.69, 9.17) is 0 Å². The van der Waals surface area contributed by atoms with Gasteiger partial charge in [-0.1, -0.05) is 42.5 Å². The van der Waals surface area contributed by atoms with Gasteiger partial charge in [0, 0.05) is 6.42 Å². The van der Waals surface area contributed by atoms with Gasteiger partial charge in [-0.2, -0.15) is 13.2 Å². The molecule has 28 heavy (non-hydrogen) atoms. The van der Waals surface area contributed by atoms with Crippen molar-refractivity contribution in [3.05, 3.63) is 66.0 Å². The van der Waals surface area contributed by atoms with Gasteiger partial charge < -0.3 is 4.57 Å². The molecule has 2 N–H and O–H groups in total.